The summed E-state index contributed by atoms with van der Waals surface area (Å²) in [5, 5.41) is 2.92. The van der Waals surface area contributed by atoms with Crippen LogP contribution in [0.1, 0.15) is 17.7 Å². The number of carbonyl (C=O) groups excluding carboxylic acids is 1. The molecule has 1 aliphatic rings. The number of amides is 1. The van der Waals surface area contributed by atoms with Crippen LogP contribution < -0.4 is 5.32 Å². The van der Waals surface area contributed by atoms with Gasteiger partial charge in [-0.25, -0.2) is 4.39 Å². The lowest BCUT2D eigenvalue weighted by molar-refractivity contribution is -0.115. The molecule has 0 unspecified atom stereocenters. The van der Waals surface area contributed by atoms with Crippen LogP contribution in [-0.4, -0.2) is 16.6 Å². The average molecular weight is 421 g/mol. The highest BCUT2D eigenvalue weighted by atomic mass is 19.1. The molecule has 1 aromatic heterocycles. The molecule has 0 saturated heterocycles. The number of carbonyl (C=O) groups is 1. The van der Waals surface area contributed by atoms with Crippen molar-refractivity contribution >= 4 is 23.0 Å². The van der Waals surface area contributed by atoms with E-state index in [1.807, 2.05) is 55.5 Å². The first-order chi connectivity index (χ1) is 15.6. The molecule has 3 aromatic carbocycles. The minimum Gasteiger partial charge on any atom is -0.324 e. The zero-order valence-electron chi connectivity index (χ0n) is 17.5. The summed E-state index contributed by atoms with van der Waals surface area (Å²) in [6, 6.07) is 23.9. The largest absolute Gasteiger partial charge is 0.324 e. The molecule has 1 N–H and O–H groups in total. The summed E-state index contributed by atoms with van der Waals surface area (Å²) in [7, 11) is 0. The van der Waals surface area contributed by atoms with E-state index < -0.39 is 0 Å². The van der Waals surface area contributed by atoms with Crippen LogP contribution >= 0.6 is 0 Å². The number of pyridine rings is 1. The molecule has 0 aliphatic carbocycles. The molecule has 0 saturated carbocycles. The summed E-state index contributed by atoms with van der Waals surface area (Å²) in [6.07, 6.45) is 1.92. The summed E-state index contributed by atoms with van der Waals surface area (Å²) in [4.78, 5) is 21.8. The second kappa shape index (κ2) is 8.19. The third kappa shape index (κ3) is 3.81. The van der Waals surface area contributed by atoms with E-state index in [2.05, 4.69) is 10.3 Å². The minimum atomic E-state index is -0.306. The number of hydrogen-bond acceptors (Lipinski definition) is 3. The predicted octanol–water partition coefficient (Wildman–Crippen LogP) is 6.33. The van der Waals surface area contributed by atoms with Crippen LogP contribution in [-0.2, 0) is 4.79 Å². The highest BCUT2D eigenvalue weighted by Crippen LogP contribution is 2.35. The van der Waals surface area contributed by atoms with Gasteiger partial charge in [0.1, 0.15) is 5.82 Å². The number of aliphatic imine (C=N–C) groups is 1. The third-order valence-corrected chi connectivity index (χ3v) is 5.55. The Hall–Kier alpha value is -4.12. The maximum Gasteiger partial charge on any atom is 0.230 e. The fraction of sp³-hybridized carbons (Fsp3) is 0.0741. The van der Waals surface area contributed by atoms with Gasteiger partial charge in [-0.2, -0.15) is 0 Å². The van der Waals surface area contributed by atoms with Crippen molar-refractivity contribution in [2.75, 3.05) is 5.32 Å². The van der Waals surface area contributed by atoms with Gasteiger partial charge in [0.2, 0.25) is 5.91 Å². The van der Waals surface area contributed by atoms with E-state index in [9.17, 15) is 9.18 Å². The monoisotopic (exact) mass is 421 g/mol. The number of nitrogens with one attached hydrogen (secondary N) is 1. The predicted molar refractivity (Wildman–Crippen MR) is 126 cm³/mol. The molecule has 4 aromatic rings. The highest BCUT2D eigenvalue weighted by molar-refractivity contribution is 6.17. The molecule has 32 heavy (non-hydrogen) atoms. The van der Waals surface area contributed by atoms with Gasteiger partial charge in [0, 0.05) is 23.0 Å². The van der Waals surface area contributed by atoms with Gasteiger partial charge in [-0.15, -0.1) is 0 Å². The van der Waals surface area contributed by atoms with Gasteiger partial charge in [0.25, 0.3) is 0 Å². The molecule has 4 nitrogen and oxygen atoms in total. The molecule has 1 aliphatic heterocycles. The standard InChI is InChI=1S/C27H20FN3O/c1-17-21(9-5-13-29-17)18-6-4-7-20(14-18)25-16-27(32)31-26-15-19(11-12-24(26)30-25)22-8-2-3-10-23(22)28/h2-15H,16H2,1H3,(H,31,32). The van der Waals surface area contributed by atoms with E-state index in [0.29, 0.717) is 28.2 Å². The van der Waals surface area contributed by atoms with Crippen LogP contribution in [0, 0.1) is 12.7 Å². The molecule has 2 heterocycles. The number of fused-ring (bicyclic) bond motifs is 1. The normalized spacial score (nSPS) is 13.1. The Morgan fingerprint density at radius 3 is 2.47 bits per heavy atom. The number of aromatic nitrogens is 1. The van der Waals surface area contributed by atoms with E-state index in [4.69, 9.17) is 4.99 Å². The summed E-state index contributed by atoms with van der Waals surface area (Å²) in [6.45, 7) is 1.97. The number of hydrogen-bond donors (Lipinski definition) is 1. The Labute approximate surface area is 185 Å². The lowest BCUT2D eigenvalue weighted by Gasteiger charge is -2.09. The van der Waals surface area contributed by atoms with Crippen molar-refractivity contribution in [3.8, 4) is 22.3 Å². The topological polar surface area (TPSA) is 54.4 Å². The minimum absolute atomic E-state index is 0.152. The molecule has 0 fully saturated rings. The summed E-state index contributed by atoms with van der Waals surface area (Å²) >= 11 is 0. The van der Waals surface area contributed by atoms with Crippen molar-refractivity contribution in [3.63, 3.8) is 0 Å². The summed E-state index contributed by atoms with van der Waals surface area (Å²) in [5.74, 6) is -0.463. The molecule has 5 rings (SSSR count). The lowest BCUT2D eigenvalue weighted by Crippen LogP contribution is -2.15. The SMILES string of the molecule is Cc1ncccc1-c1cccc(C2=Nc3ccc(-c4ccccc4F)cc3NC(=O)C2)c1. The number of benzene rings is 3. The van der Waals surface area contributed by atoms with Gasteiger partial charge >= 0.3 is 0 Å². The number of aryl methyl sites for hydroxylation is 1. The zero-order chi connectivity index (χ0) is 22.1. The van der Waals surface area contributed by atoms with Crippen LogP contribution in [0.15, 0.2) is 90.1 Å². The number of nitrogens with zero attached hydrogens (tertiary/aromatic N) is 2. The molecule has 0 radical (unpaired) electrons. The fourth-order valence-corrected chi connectivity index (χ4v) is 3.95. The van der Waals surface area contributed by atoms with Crippen molar-refractivity contribution < 1.29 is 9.18 Å². The maximum absolute atomic E-state index is 14.2. The van der Waals surface area contributed by atoms with Gasteiger partial charge < -0.3 is 5.32 Å². The molecule has 1 amide bonds. The summed E-state index contributed by atoms with van der Waals surface area (Å²) in [5.41, 5.74) is 6.97. The lowest BCUT2D eigenvalue weighted by atomic mass is 9.99. The third-order valence-electron chi connectivity index (χ3n) is 5.55. The molecular formula is C27H20FN3O. The first-order valence-electron chi connectivity index (χ1n) is 10.4. The average Bonchev–Trinajstić information content (AvgIpc) is 2.97. The Morgan fingerprint density at radius 1 is 0.844 bits per heavy atom. The highest BCUT2D eigenvalue weighted by Gasteiger charge is 2.19. The van der Waals surface area contributed by atoms with Crippen molar-refractivity contribution in [2.45, 2.75) is 13.3 Å². The molecule has 156 valence electrons. The van der Waals surface area contributed by atoms with Gasteiger partial charge in [0.15, 0.2) is 0 Å². The van der Waals surface area contributed by atoms with Crippen molar-refractivity contribution in [1.82, 2.24) is 4.98 Å². The van der Waals surface area contributed by atoms with Gasteiger partial charge in [0.05, 0.1) is 23.5 Å². The molecule has 5 heteroatoms. The first kappa shape index (κ1) is 19.8. The second-order valence-corrected chi connectivity index (χ2v) is 7.71. The van der Waals surface area contributed by atoms with Crippen LogP contribution in [0.2, 0.25) is 0 Å². The van der Waals surface area contributed by atoms with E-state index in [-0.39, 0.29) is 18.1 Å². The van der Waals surface area contributed by atoms with Crippen LogP contribution in [0.3, 0.4) is 0 Å². The number of halogens is 1. The Kier molecular flexibility index (Phi) is 5.07. The van der Waals surface area contributed by atoms with E-state index in [1.54, 1.807) is 30.5 Å². The molecule has 0 spiro atoms. The zero-order valence-corrected chi connectivity index (χ0v) is 17.5. The number of anilines is 1. The van der Waals surface area contributed by atoms with Gasteiger partial charge in [-0.1, -0.05) is 48.5 Å². The van der Waals surface area contributed by atoms with Crippen LogP contribution in [0.25, 0.3) is 22.3 Å². The first-order valence-corrected chi connectivity index (χ1v) is 10.4. The molecule has 0 atom stereocenters. The smallest absolute Gasteiger partial charge is 0.230 e. The number of rotatable bonds is 3. The van der Waals surface area contributed by atoms with E-state index in [0.717, 1.165) is 22.4 Å². The Morgan fingerprint density at radius 2 is 1.62 bits per heavy atom. The van der Waals surface area contributed by atoms with Crippen molar-refractivity contribution in [3.05, 3.63) is 102 Å². The molecule has 0 bridgehead atoms. The fourth-order valence-electron chi connectivity index (χ4n) is 3.95. The maximum atomic E-state index is 14.2. The van der Waals surface area contributed by atoms with Crippen molar-refractivity contribution in [1.29, 1.82) is 0 Å². The van der Waals surface area contributed by atoms with Crippen molar-refractivity contribution in [2.24, 2.45) is 4.99 Å². The van der Waals surface area contributed by atoms with E-state index >= 15 is 0 Å². The molecular weight excluding hydrogens is 401 g/mol. The quantitative estimate of drug-likeness (QED) is 0.420. The Bertz CT molecular complexity index is 1380. The van der Waals surface area contributed by atoms with E-state index in [1.165, 1.54) is 6.07 Å². The summed E-state index contributed by atoms with van der Waals surface area (Å²) < 4.78 is 14.2. The Balaban J connectivity index is 1.56. The van der Waals surface area contributed by atoms with Gasteiger partial charge in [-0.3, -0.25) is 14.8 Å². The van der Waals surface area contributed by atoms with Crippen LogP contribution in [0.4, 0.5) is 15.8 Å². The van der Waals surface area contributed by atoms with Crippen LogP contribution in [0.5, 0.6) is 0 Å². The second-order valence-electron chi connectivity index (χ2n) is 7.71. The van der Waals surface area contributed by atoms with Gasteiger partial charge in [-0.05, 0) is 53.9 Å².